The Morgan fingerprint density at radius 1 is 1.29 bits per heavy atom. The Morgan fingerprint density at radius 3 is 2.71 bits per heavy atom. The number of nitriles is 1. The van der Waals surface area contributed by atoms with Crippen molar-refractivity contribution in [1.82, 2.24) is 4.98 Å². The molecule has 1 heterocycles. The van der Waals surface area contributed by atoms with E-state index in [9.17, 15) is 8.42 Å². The highest BCUT2D eigenvalue weighted by molar-refractivity contribution is 7.92. The number of rotatable bonds is 4. The summed E-state index contributed by atoms with van der Waals surface area (Å²) in [6.45, 7) is 1.74. The van der Waals surface area contributed by atoms with Crippen molar-refractivity contribution in [2.45, 2.75) is 11.9 Å². The van der Waals surface area contributed by atoms with Gasteiger partial charge in [0.1, 0.15) is 0 Å². The lowest BCUT2D eigenvalue weighted by Crippen LogP contribution is -2.19. The monoisotopic (exact) mass is 303 g/mol. The third kappa shape index (κ3) is 3.10. The molecule has 0 fully saturated rings. The van der Waals surface area contributed by atoms with Gasteiger partial charge in [0.15, 0.2) is 0 Å². The minimum absolute atomic E-state index is 0.180. The molecule has 0 unspecified atom stereocenters. The number of aromatic nitrogens is 1. The molecule has 7 nitrogen and oxygen atoms in total. The fraction of sp³-hybridized carbons (Fsp3) is 0.0769. The van der Waals surface area contributed by atoms with Crippen LogP contribution in [0, 0.1) is 18.3 Å². The topological polar surface area (TPSA) is 121 Å². The molecule has 8 heteroatoms. The molecule has 0 spiro atoms. The van der Waals surface area contributed by atoms with Crippen LogP contribution in [0.15, 0.2) is 41.6 Å². The van der Waals surface area contributed by atoms with Gasteiger partial charge in [-0.3, -0.25) is 10.6 Å². The lowest BCUT2D eigenvalue weighted by molar-refractivity contribution is 0.598. The van der Waals surface area contributed by atoms with Crippen LogP contribution in [0.5, 0.6) is 0 Å². The molecule has 0 radical (unpaired) electrons. The molecule has 0 saturated heterocycles. The molecule has 0 saturated carbocycles. The van der Waals surface area contributed by atoms with Gasteiger partial charge in [0.25, 0.3) is 10.0 Å². The Bertz CT molecular complexity index is 812. The van der Waals surface area contributed by atoms with Gasteiger partial charge in [0.2, 0.25) is 5.03 Å². The van der Waals surface area contributed by atoms with Crippen molar-refractivity contribution < 1.29 is 8.42 Å². The van der Waals surface area contributed by atoms with Gasteiger partial charge in [-0.25, -0.2) is 4.98 Å². The first-order chi connectivity index (χ1) is 9.97. The van der Waals surface area contributed by atoms with E-state index >= 15 is 0 Å². The van der Waals surface area contributed by atoms with E-state index in [-0.39, 0.29) is 10.7 Å². The molecule has 0 amide bonds. The first kappa shape index (κ1) is 14.8. The Kier molecular flexibility index (Phi) is 4.07. The first-order valence-corrected chi connectivity index (χ1v) is 7.41. The number of hydrogen-bond donors (Lipinski definition) is 3. The van der Waals surface area contributed by atoms with Gasteiger partial charge in [-0.15, -0.1) is 0 Å². The van der Waals surface area contributed by atoms with Gasteiger partial charge < -0.3 is 5.43 Å². The second-order valence-corrected chi connectivity index (χ2v) is 5.85. The second-order valence-electron chi connectivity index (χ2n) is 4.25. The zero-order valence-corrected chi connectivity index (χ0v) is 12.0. The number of nitrogens with one attached hydrogen (secondary N) is 2. The molecule has 0 atom stereocenters. The van der Waals surface area contributed by atoms with Crippen molar-refractivity contribution in [3.05, 3.63) is 47.7 Å². The van der Waals surface area contributed by atoms with Crippen LogP contribution in [0.2, 0.25) is 0 Å². The smallest absolute Gasteiger partial charge is 0.281 e. The maximum atomic E-state index is 12.4. The van der Waals surface area contributed by atoms with E-state index in [1.165, 1.54) is 18.3 Å². The molecule has 1 aromatic carbocycles. The number of hydrazine groups is 1. The molecule has 4 N–H and O–H groups in total. The minimum Gasteiger partial charge on any atom is -0.321 e. The summed E-state index contributed by atoms with van der Waals surface area (Å²) in [5.74, 6) is 5.29. The maximum absolute atomic E-state index is 12.4. The molecular formula is C13H13N5O2S. The number of nitrogens with two attached hydrogens (primary N) is 1. The SMILES string of the molecule is Cc1ccc(C#N)cc1NS(=O)(=O)c1ncccc1NN. The van der Waals surface area contributed by atoms with Crippen molar-refractivity contribution in [2.24, 2.45) is 5.84 Å². The summed E-state index contributed by atoms with van der Waals surface area (Å²) in [4.78, 5) is 3.83. The van der Waals surface area contributed by atoms with E-state index in [1.807, 2.05) is 6.07 Å². The van der Waals surface area contributed by atoms with Crippen molar-refractivity contribution in [1.29, 1.82) is 5.26 Å². The Morgan fingerprint density at radius 2 is 2.05 bits per heavy atom. The average Bonchev–Trinajstić information content (AvgIpc) is 2.49. The van der Waals surface area contributed by atoms with E-state index in [2.05, 4.69) is 15.1 Å². The van der Waals surface area contributed by atoms with Crippen LogP contribution in [0.3, 0.4) is 0 Å². The highest BCUT2D eigenvalue weighted by Crippen LogP contribution is 2.23. The molecule has 0 aliphatic rings. The summed E-state index contributed by atoms with van der Waals surface area (Å²) in [5, 5.41) is 8.67. The third-order valence-electron chi connectivity index (χ3n) is 2.79. The van der Waals surface area contributed by atoms with Crippen LogP contribution in [0.1, 0.15) is 11.1 Å². The van der Waals surface area contributed by atoms with Crippen molar-refractivity contribution in [3.8, 4) is 6.07 Å². The summed E-state index contributed by atoms with van der Waals surface area (Å²) < 4.78 is 27.2. The van der Waals surface area contributed by atoms with Crippen molar-refractivity contribution in [3.63, 3.8) is 0 Å². The number of hydrogen-bond acceptors (Lipinski definition) is 6. The predicted molar refractivity (Wildman–Crippen MR) is 78.7 cm³/mol. The van der Waals surface area contributed by atoms with Gasteiger partial charge in [-0.2, -0.15) is 13.7 Å². The molecule has 108 valence electrons. The first-order valence-electron chi connectivity index (χ1n) is 5.93. The lowest BCUT2D eigenvalue weighted by atomic mass is 10.1. The van der Waals surface area contributed by atoms with Gasteiger partial charge in [0, 0.05) is 6.20 Å². The van der Waals surface area contributed by atoms with E-state index in [4.69, 9.17) is 11.1 Å². The van der Waals surface area contributed by atoms with Crippen LogP contribution in [0.4, 0.5) is 11.4 Å². The molecule has 0 bridgehead atoms. The van der Waals surface area contributed by atoms with E-state index in [0.29, 0.717) is 16.8 Å². The Hall–Kier alpha value is -2.63. The average molecular weight is 303 g/mol. The molecule has 21 heavy (non-hydrogen) atoms. The molecule has 0 aliphatic heterocycles. The Labute approximate surface area is 122 Å². The Balaban J connectivity index is 2.45. The molecule has 1 aromatic heterocycles. The van der Waals surface area contributed by atoms with E-state index in [1.54, 1.807) is 25.1 Å². The summed E-state index contributed by atoms with van der Waals surface area (Å²) in [6, 6.07) is 9.76. The third-order valence-corrected chi connectivity index (χ3v) is 4.12. The normalized spacial score (nSPS) is 10.7. The molecule has 2 aromatic rings. The number of aryl methyl sites for hydroxylation is 1. The predicted octanol–water partition coefficient (Wildman–Crippen LogP) is 1.35. The standard InChI is InChI=1S/C13H13N5O2S/c1-9-4-5-10(8-14)7-12(9)18-21(19,20)13-11(17-15)3-2-6-16-13/h2-7,17-18H,15H2,1H3. The maximum Gasteiger partial charge on any atom is 0.281 e. The van der Waals surface area contributed by atoms with Crippen LogP contribution in [0.25, 0.3) is 0 Å². The molecule has 2 rings (SSSR count). The zero-order valence-electron chi connectivity index (χ0n) is 11.2. The van der Waals surface area contributed by atoms with Crippen molar-refractivity contribution >= 4 is 21.4 Å². The van der Waals surface area contributed by atoms with Crippen molar-refractivity contribution in [2.75, 3.05) is 10.1 Å². The largest absolute Gasteiger partial charge is 0.321 e. The zero-order chi connectivity index (χ0) is 15.5. The number of pyridine rings is 1. The summed E-state index contributed by atoms with van der Waals surface area (Å²) in [5.41, 5.74) is 3.84. The number of sulfonamides is 1. The lowest BCUT2D eigenvalue weighted by Gasteiger charge is -2.12. The summed E-state index contributed by atoms with van der Waals surface area (Å²) >= 11 is 0. The van der Waals surface area contributed by atoms with Gasteiger partial charge in [-0.05, 0) is 36.8 Å². The van der Waals surface area contributed by atoms with Gasteiger partial charge in [0.05, 0.1) is 23.0 Å². The fourth-order valence-electron chi connectivity index (χ4n) is 1.71. The number of nitrogen functional groups attached to an aromatic ring is 1. The van der Waals surface area contributed by atoms with Crippen LogP contribution in [-0.2, 0) is 10.0 Å². The van der Waals surface area contributed by atoms with E-state index in [0.717, 1.165) is 0 Å². The van der Waals surface area contributed by atoms with Gasteiger partial charge in [-0.1, -0.05) is 6.07 Å². The number of anilines is 2. The van der Waals surface area contributed by atoms with Crippen LogP contribution < -0.4 is 16.0 Å². The highest BCUT2D eigenvalue weighted by Gasteiger charge is 2.20. The van der Waals surface area contributed by atoms with Crippen LogP contribution in [-0.4, -0.2) is 13.4 Å². The summed E-state index contributed by atoms with van der Waals surface area (Å²) in [6.07, 6.45) is 1.36. The molecule has 0 aliphatic carbocycles. The number of nitrogens with zero attached hydrogens (tertiary/aromatic N) is 2. The highest BCUT2D eigenvalue weighted by atomic mass is 32.2. The van der Waals surface area contributed by atoms with E-state index < -0.39 is 10.0 Å². The molecular weight excluding hydrogens is 290 g/mol. The summed E-state index contributed by atoms with van der Waals surface area (Å²) in [7, 11) is -3.92. The second kappa shape index (κ2) is 5.78. The number of benzene rings is 1. The fourth-order valence-corrected chi connectivity index (χ4v) is 2.93. The minimum atomic E-state index is -3.92. The quantitative estimate of drug-likeness (QED) is 0.579. The van der Waals surface area contributed by atoms with Crippen LogP contribution >= 0.6 is 0 Å². The van der Waals surface area contributed by atoms with Gasteiger partial charge >= 0.3 is 0 Å².